The second-order valence-corrected chi connectivity index (χ2v) is 6.06. The molecule has 2 atom stereocenters. The molecule has 94 valence electrons. The average molecular weight is 227 g/mol. The van der Waals surface area contributed by atoms with E-state index in [1.807, 2.05) is 13.8 Å². The zero-order chi connectivity index (χ0) is 12.0. The topological polar surface area (TPSA) is 46.2 Å². The fourth-order valence-corrected chi connectivity index (χ4v) is 3.54. The predicted molar refractivity (Wildman–Crippen MR) is 66.1 cm³/mol. The maximum Gasteiger partial charge on any atom is 0.220 e. The van der Waals surface area contributed by atoms with E-state index in [0.29, 0.717) is 18.6 Å². The van der Waals surface area contributed by atoms with Gasteiger partial charge in [-0.1, -0.05) is 13.8 Å². The minimum atomic E-state index is -0.287. The first-order valence-electron chi connectivity index (χ1n) is 6.20. The summed E-state index contributed by atoms with van der Waals surface area (Å²) in [5, 5.41) is 3.14. The van der Waals surface area contributed by atoms with Crippen molar-refractivity contribution in [2.24, 2.45) is 11.3 Å². The molecule has 1 N–H and O–H groups in total. The van der Waals surface area contributed by atoms with Gasteiger partial charge in [0.05, 0.1) is 0 Å². The summed E-state index contributed by atoms with van der Waals surface area (Å²) in [5.74, 6) is 0.786. The van der Waals surface area contributed by atoms with Crippen molar-refractivity contribution in [3.8, 4) is 0 Å². The van der Waals surface area contributed by atoms with Crippen molar-refractivity contribution >= 4 is 11.7 Å². The molecule has 0 aromatic rings. The maximum absolute atomic E-state index is 12.0. The number of amides is 1. The Bertz CT molecular complexity index is 344. The second kappa shape index (κ2) is 3.57. The molecule has 1 saturated carbocycles. The lowest BCUT2D eigenvalue weighted by Gasteiger charge is -2.49. The predicted octanol–water partition coefficient (Wildman–Crippen LogP) is 2.54. The van der Waals surface area contributed by atoms with Gasteiger partial charge in [-0.15, -0.1) is 0 Å². The minimum Gasteiger partial charge on any atom is -0.351 e. The Hall–Kier alpha value is -0.860. The van der Waals surface area contributed by atoms with Crippen molar-refractivity contribution in [1.82, 2.24) is 5.32 Å². The van der Waals surface area contributed by atoms with Crippen LogP contribution in [-0.2, 0) is 9.59 Å². The average Bonchev–Trinajstić information content (AvgIpc) is 2.32. The summed E-state index contributed by atoms with van der Waals surface area (Å²) < 4.78 is 0. The molecule has 1 saturated heterocycles. The van der Waals surface area contributed by atoms with E-state index in [9.17, 15) is 9.59 Å². The van der Waals surface area contributed by atoms with E-state index in [2.05, 4.69) is 12.2 Å². The van der Waals surface area contributed by atoms with Crippen molar-refractivity contribution in [2.75, 3.05) is 0 Å². The molecule has 1 unspecified atom stereocenters. The first kappa shape index (κ1) is 11.6. The molecule has 2 aliphatic rings. The van der Waals surface area contributed by atoms with Gasteiger partial charge < -0.3 is 5.32 Å². The van der Waals surface area contributed by atoms with Gasteiger partial charge in [0.1, 0.15) is 5.78 Å². The largest absolute Gasteiger partial charge is 0.351 e. The molecule has 3 nitrogen and oxygen atoms in total. The van der Waals surface area contributed by atoms with Crippen LogP contribution in [0.3, 0.4) is 0 Å². The van der Waals surface area contributed by atoms with E-state index < -0.39 is 0 Å². The molecule has 0 aromatic heterocycles. The highest BCUT2D eigenvalue weighted by atomic mass is 16.2. The molecule has 1 amide bonds. The lowest BCUT2D eigenvalue weighted by molar-refractivity contribution is -0.138. The van der Waals surface area contributed by atoms with E-state index in [1.54, 1.807) is 0 Å². The summed E-state index contributed by atoms with van der Waals surface area (Å²) in [5.41, 5.74) is -0.463. The van der Waals surface area contributed by atoms with Crippen LogP contribution in [0.2, 0.25) is 0 Å². The Morgan fingerprint density at radius 3 is 2.62 bits per heavy atom. The van der Waals surface area contributed by atoms with Crippen LogP contribution in [0.5, 0.6) is 0 Å². The molecule has 1 aliphatic carbocycles. The highest BCUT2D eigenvalue weighted by Crippen LogP contribution is 2.47. The molecule has 3 heteroatoms. The minimum absolute atomic E-state index is 0. The van der Waals surface area contributed by atoms with E-state index in [1.165, 1.54) is 0 Å². The molecule has 0 spiro atoms. The zero-order valence-corrected chi connectivity index (χ0v) is 10.4. The van der Waals surface area contributed by atoms with E-state index >= 15 is 0 Å². The Balaban J connectivity index is 0.00000144. The monoisotopic (exact) mass is 227 g/mol. The van der Waals surface area contributed by atoms with Crippen molar-refractivity contribution in [1.29, 1.82) is 0 Å². The van der Waals surface area contributed by atoms with Crippen LogP contribution in [0.25, 0.3) is 0 Å². The maximum atomic E-state index is 12.0. The smallest absolute Gasteiger partial charge is 0.220 e. The van der Waals surface area contributed by atoms with Crippen molar-refractivity contribution in [2.45, 2.75) is 58.4 Å². The fourth-order valence-electron chi connectivity index (χ4n) is 3.54. The van der Waals surface area contributed by atoms with Gasteiger partial charge in [-0.2, -0.15) is 0 Å². The van der Waals surface area contributed by atoms with Gasteiger partial charge in [0.15, 0.2) is 0 Å². The zero-order valence-electron chi connectivity index (χ0n) is 10.4. The molecule has 2 fully saturated rings. The van der Waals surface area contributed by atoms with Crippen LogP contribution in [-0.4, -0.2) is 17.2 Å². The number of carbonyl (C=O) groups excluding carboxylic acids is 2. The van der Waals surface area contributed by atoms with Crippen LogP contribution in [0.1, 0.15) is 55.7 Å². The van der Waals surface area contributed by atoms with Crippen molar-refractivity contribution in [3.05, 3.63) is 0 Å². The molecule has 0 radical (unpaired) electrons. The SMILES string of the molecule is CC1(C)C(=O)CC[C@]2(C)NC(=O)CCCC12.[HH].[HH]. The number of Topliss-reactive ketones (excluding diaryl/α,β-unsaturated/α-hetero) is 1. The van der Waals surface area contributed by atoms with Gasteiger partial charge in [0, 0.05) is 26.6 Å². The molecule has 2 rings (SSSR count). The van der Waals surface area contributed by atoms with Gasteiger partial charge in [0.2, 0.25) is 5.91 Å². The van der Waals surface area contributed by atoms with Crippen LogP contribution in [0.4, 0.5) is 0 Å². The Morgan fingerprint density at radius 2 is 1.94 bits per heavy atom. The number of nitrogens with one attached hydrogen (secondary N) is 1. The third kappa shape index (κ3) is 1.66. The number of ketones is 1. The Labute approximate surface area is 99.9 Å². The number of carbonyl (C=O) groups is 2. The van der Waals surface area contributed by atoms with E-state index in [4.69, 9.17) is 0 Å². The Kier molecular flexibility index (Phi) is 2.59. The van der Waals surface area contributed by atoms with Gasteiger partial charge in [-0.05, 0) is 32.1 Å². The number of hydrogen-bond donors (Lipinski definition) is 1. The third-order valence-corrected chi connectivity index (χ3v) is 4.55. The first-order chi connectivity index (χ1) is 7.36. The number of hydrogen-bond acceptors (Lipinski definition) is 2. The van der Waals surface area contributed by atoms with Gasteiger partial charge in [-0.3, -0.25) is 9.59 Å². The van der Waals surface area contributed by atoms with Gasteiger partial charge >= 0.3 is 0 Å². The quantitative estimate of drug-likeness (QED) is 0.691. The normalized spacial score (nSPS) is 38.6. The summed E-state index contributed by atoms with van der Waals surface area (Å²) in [6.45, 7) is 6.18. The molecule has 16 heavy (non-hydrogen) atoms. The van der Waals surface area contributed by atoms with Crippen LogP contribution in [0, 0.1) is 11.3 Å². The standard InChI is InChI=1S/C13H21NO2.2H2/c1-12(2)9-5-4-6-11(16)14-13(9,3)8-7-10(12)15;;/h9H,4-8H2,1-3H3,(H,14,16);2*1H/t9?,13-;;/m0../s1. The fraction of sp³-hybridized carbons (Fsp3) is 0.846. The highest BCUT2D eigenvalue weighted by molar-refractivity contribution is 5.86. The highest BCUT2D eigenvalue weighted by Gasteiger charge is 2.51. The molecular formula is C13H25NO2. The summed E-state index contributed by atoms with van der Waals surface area (Å²) >= 11 is 0. The molecule has 1 aliphatic heterocycles. The lowest BCUT2D eigenvalue weighted by atomic mass is 9.58. The number of rotatable bonds is 0. The second-order valence-electron chi connectivity index (χ2n) is 6.06. The van der Waals surface area contributed by atoms with E-state index in [0.717, 1.165) is 19.3 Å². The van der Waals surface area contributed by atoms with Crippen molar-refractivity contribution in [3.63, 3.8) is 0 Å². The van der Waals surface area contributed by atoms with Crippen LogP contribution < -0.4 is 5.32 Å². The van der Waals surface area contributed by atoms with Crippen LogP contribution >= 0.6 is 0 Å². The summed E-state index contributed by atoms with van der Waals surface area (Å²) in [6.07, 6.45) is 3.89. The van der Waals surface area contributed by atoms with Gasteiger partial charge in [-0.25, -0.2) is 0 Å². The molecule has 1 heterocycles. The third-order valence-electron chi connectivity index (χ3n) is 4.55. The van der Waals surface area contributed by atoms with Crippen molar-refractivity contribution < 1.29 is 12.4 Å². The summed E-state index contributed by atoms with van der Waals surface area (Å²) in [7, 11) is 0. The molecule has 0 bridgehead atoms. The lowest BCUT2D eigenvalue weighted by Crippen LogP contribution is -2.59. The summed E-state index contributed by atoms with van der Waals surface area (Å²) in [6, 6.07) is 0. The first-order valence-corrected chi connectivity index (χ1v) is 6.20. The molecular weight excluding hydrogens is 202 g/mol. The Morgan fingerprint density at radius 1 is 1.25 bits per heavy atom. The van der Waals surface area contributed by atoms with E-state index in [-0.39, 0.29) is 25.6 Å². The molecule has 0 aromatic carbocycles. The number of fused-ring (bicyclic) bond motifs is 1. The van der Waals surface area contributed by atoms with Gasteiger partial charge in [0.25, 0.3) is 0 Å². The van der Waals surface area contributed by atoms with Crippen LogP contribution in [0.15, 0.2) is 0 Å². The summed E-state index contributed by atoms with van der Waals surface area (Å²) in [4.78, 5) is 23.6.